The van der Waals surface area contributed by atoms with Gasteiger partial charge in [0.1, 0.15) is 11.6 Å². The van der Waals surface area contributed by atoms with Gasteiger partial charge < -0.3 is 9.63 Å². The van der Waals surface area contributed by atoms with Crippen LogP contribution in [0.5, 0.6) is 0 Å². The number of aliphatic carboxylic acids is 1. The number of aromatic nitrogens is 2. The van der Waals surface area contributed by atoms with E-state index in [0.29, 0.717) is 10.0 Å². The van der Waals surface area contributed by atoms with Gasteiger partial charge in [0, 0.05) is 10.0 Å². The summed E-state index contributed by atoms with van der Waals surface area (Å²) in [5.74, 6) is -1.37. The molecule has 0 spiro atoms. The number of hydrogen-bond acceptors (Lipinski definition) is 5. The number of benzene rings is 1. The van der Waals surface area contributed by atoms with Crippen LogP contribution in [0, 0.1) is 5.82 Å². The van der Waals surface area contributed by atoms with Crippen LogP contribution >= 0.6 is 27.7 Å². The van der Waals surface area contributed by atoms with Gasteiger partial charge in [0.2, 0.25) is 5.82 Å². The van der Waals surface area contributed by atoms with Gasteiger partial charge in [-0.2, -0.15) is 4.98 Å². The first kappa shape index (κ1) is 13.0. The average molecular weight is 333 g/mol. The van der Waals surface area contributed by atoms with Crippen molar-refractivity contribution in [3.05, 3.63) is 28.5 Å². The summed E-state index contributed by atoms with van der Waals surface area (Å²) < 4.78 is 18.6. The van der Waals surface area contributed by atoms with E-state index in [1.165, 1.54) is 18.2 Å². The number of hydrogen-bond donors (Lipinski definition) is 1. The van der Waals surface area contributed by atoms with Crippen molar-refractivity contribution in [2.75, 3.05) is 5.75 Å². The van der Waals surface area contributed by atoms with E-state index in [9.17, 15) is 9.18 Å². The number of rotatable bonds is 4. The predicted octanol–water partition coefficient (Wildman–Crippen LogP) is 2.81. The van der Waals surface area contributed by atoms with E-state index in [0.717, 1.165) is 11.8 Å². The topological polar surface area (TPSA) is 76.2 Å². The molecule has 94 valence electrons. The Hall–Kier alpha value is -1.41. The number of carboxylic acid groups (broad SMARTS) is 1. The van der Waals surface area contributed by atoms with Gasteiger partial charge in [0.25, 0.3) is 5.22 Å². The van der Waals surface area contributed by atoms with Crippen molar-refractivity contribution in [1.82, 2.24) is 10.1 Å². The third kappa shape index (κ3) is 3.08. The van der Waals surface area contributed by atoms with Crippen LogP contribution in [0.2, 0.25) is 0 Å². The minimum Gasteiger partial charge on any atom is -0.481 e. The summed E-state index contributed by atoms with van der Waals surface area (Å²) in [5, 5.41) is 12.3. The standard InChI is InChI=1S/C10H6BrFN2O3S/c11-7-2-1-5(12)3-6(7)9-13-10(17-14-9)18-4-8(15)16/h1-3H,4H2,(H,15,16). The molecule has 0 radical (unpaired) electrons. The molecule has 0 saturated carbocycles. The molecule has 0 saturated heterocycles. The van der Waals surface area contributed by atoms with Crippen molar-refractivity contribution in [2.24, 2.45) is 0 Å². The molecule has 0 atom stereocenters. The van der Waals surface area contributed by atoms with E-state index in [4.69, 9.17) is 9.63 Å². The van der Waals surface area contributed by atoms with Crippen molar-refractivity contribution < 1.29 is 18.8 Å². The molecule has 0 aliphatic heterocycles. The minimum atomic E-state index is -0.980. The Balaban J connectivity index is 2.23. The van der Waals surface area contributed by atoms with Gasteiger partial charge in [-0.3, -0.25) is 4.79 Å². The maximum atomic E-state index is 13.1. The first-order chi connectivity index (χ1) is 8.56. The molecule has 0 amide bonds. The van der Waals surface area contributed by atoms with E-state index in [1.54, 1.807) is 0 Å². The normalized spacial score (nSPS) is 10.6. The molecule has 1 heterocycles. The molecule has 2 rings (SSSR count). The highest BCUT2D eigenvalue weighted by molar-refractivity contribution is 9.10. The minimum absolute atomic E-state index is 0.128. The monoisotopic (exact) mass is 332 g/mol. The highest BCUT2D eigenvalue weighted by Gasteiger charge is 2.13. The predicted molar refractivity (Wildman–Crippen MR) is 65.8 cm³/mol. The molecule has 0 bridgehead atoms. The third-order valence-corrected chi connectivity index (χ3v) is 3.39. The second kappa shape index (κ2) is 5.49. The number of carbonyl (C=O) groups is 1. The molecule has 18 heavy (non-hydrogen) atoms. The number of nitrogens with zero attached hydrogens (tertiary/aromatic N) is 2. The Bertz CT molecular complexity index is 590. The van der Waals surface area contributed by atoms with Crippen LogP contribution in [0.25, 0.3) is 11.4 Å². The number of halogens is 2. The highest BCUT2D eigenvalue weighted by atomic mass is 79.9. The smallest absolute Gasteiger partial charge is 0.314 e. The second-order valence-corrected chi connectivity index (χ2v) is 4.97. The van der Waals surface area contributed by atoms with Crippen LogP contribution in [-0.2, 0) is 4.79 Å². The Morgan fingerprint density at radius 1 is 1.56 bits per heavy atom. The van der Waals surface area contributed by atoms with E-state index in [2.05, 4.69) is 26.1 Å². The molecule has 0 aliphatic carbocycles. The van der Waals surface area contributed by atoms with Gasteiger partial charge in [-0.05, 0) is 18.2 Å². The molecule has 1 aromatic carbocycles. The van der Waals surface area contributed by atoms with Crippen LogP contribution in [0.3, 0.4) is 0 Å². The lowest BCUT2D eigenvalue weighted by Gasteiger charge is -1.98. The summed E-state index contributed by atoms with van der Waals surface area (Å²) in [6.45, 7) is 0. The summed E-state index contributed by atoms with van der Waals surface area (Å²) in [5.41, 5.74) is 0.445. The Kier molecular flexibility index (Phi) is 3.97. The molecular formula is C10H6BrFN2O3S. The maximum Gasteiger partial charge on any atom is 0.314 e. The number of thioether (sulfide) groups is 1. The maximum absolute atomic E-state index is 13.1. The molecule has 0 unspecified atom stereocenters. The van der Waals surface area contributed by atoms with Crippen molar-refractivity contribution in [3.63, 3.8) is 0 Å². The molecule has 0 fully saturated rings. The zero-order valence-corrected chi connectivity index (χ0v) is 11.2. The van der Waals surface area contributed by atoms with E-state index in [1.807, 2.05) is 0 Å². The van der Waals surface area contributed by atoms with Gasteiger partial charge in [-0.1, -0.05) is 32.8 Å². The SMILES string of the molecule is O=C(O)CSc1nc(-c2cc(F)ccc2Br)no1. The van der Waals surface area contributed by atoms with Crippen LogP contribution < -0.4 is 0 Å². The lowest BCUT2D eigenvalue weighted by molar-refractivity contribution is -0.133. The van der Waals surface area contributed by atoms with Crippen LogP contribution in [0.4, 0.5) is 4.39 Å². The molecule has 5 nitrogen and oxygen atoms in total. The van der Waals surface area contributed by atoms with E-state index < -0.39 is 11.8 Å². The molecule has 1 aromatic heterocycles. The summed E-state index contributed by atoms with van der Waals surface area (Å²) in [6, 6.07) is 4.10. The fraction of sp³-hybridized carbons (Fsp3) is 0.100. The lowest BCUT2D eigenvalue weighted by Crippen LogP contribution is -1.97. The Morgan fingerprint density at radius 2 is 2.33 bits per heavy atom. The number of carboxylic acids is 1. The van der Waals surface area contributed by atoms with Gasteiger partial charge in [-0.15, -0.1) is 0 Å². The van der Waals surface area contributed by atoms with Gasteiger partial charge in [0.05, 0.1) is 0 Å². The van der Waals surface area contributed by atoms with Crippen molar-refractivity contribution >= 4 is 33.7 Å². The summed E-state index contributed by atoms with van der Waals surface area (Å²) in [7, 11) is 0. The largest absolute Gasteiger partial charge is 0.481 e. The Labute approximate surface area is 114 Å². The van der Waals surface area contributed by atoms with E-state index >= 15 is 0 Å². The summed E-state index contributed by atoms with van der Waals surface area (Å²) in [4.78, 5) is 14.4. The van der Waals surface area contributed by atoms with Gasteiger partial charge in [0.15, 0.2) is 0 Å². The fourth-order valence-electron chi connectivity index (χ4n) is 1.17. The zero-order chi connectivity index (χ0) is 13.1. The summed E-state index contributed by atoms with van der Waals surface area (Å²) in [6.07, 6.45) is 0. The van der Waals surface area contributed by atoms with E-state index in [-0.39, 0.29) is 16.8 Å². The third-order valence-electron chi connectivity index (χ3n) is 1.90. The van der Waals surface area contributed by atoms with Crippen LogP contribution in [0.15, 0.2) is 32.4 Å². The average Bonchev–Trinajstić information content (AvgIpc) is 2.78. The first-order valence-corrected chi connectivity index (χ1v) is 6.48. The van der Waals surface area contributed by atoms with Crippen molar-refractivity contribution in [2.45, 2.75) is 5.22 Å². The Morgan fingerprint density at radius 3 is 3.06 bits per heavy atom. The quantitative estimate of drug-likeness (QED) is 0.867. The van der Waals surface area contributed by atoms with Crippen molar-refractivity contribution in [3.8, 4) is 11.4 Å². The second-order valence-electron chi connectivity index (χ2n) is 3.19. The fourth-order valence-corrected chi connectivity index (χ4v) is 2.08. The first-order valence-electron chi connectivity index (χ1n) is 4.70. The molecular weight excluding hydrogens is 327 g/mol. The summed E-state index contributed by atoms with van der Waals surface area (Å²) >= 11 is 4.15. The zero-order valence-electron chi connectivity index (χ0n) is 8.76. The molecule has 1 N–H and O–H groups in total. The van der Waals surface area contributed by atoms with Crippen LogP contribution in [-0.4, -0.2) is 27.0 Å². The molecule has 0 aliphatic rings. The van der Waals surface area contributed by atoms with Gasteiger partial charge >= 0.3 is 5.97 Å². The molecule has 8 heteroatoms. The van der Waals surface area contributed by atoms with Crippen molar-refractivity contribution in [1.29, 1.82) is 0 Å². The lowest BCUT2D eigenvalue weighted by atomic mass is 10.2. The highest BCUT2D eigenvalue weighted by Crippen LogP contribution is 2.28. The molecule has 2 aromatic rings. The van der Waals surface area contributed by atoms with Crippen LogP contribution in [0.1, 0.15) is 0 Å². The van der Waals surface area contributed by atoms with Gasteiger partial charge in [-0.25, -0.2) is 4.39 Å².